The number of methoxy groups -OCH3 is 1. The van der Waals surface area contributed by atoms with E-state index in [1.807, 2.05) is 45.7 Å². The van der Waals surface area contributed by atoms with Gasteiger partial charge in [-0.3, -0.25) is 4.79 Å². The summed E-state index contributed by atoms with van der Waals surface area (Å²) < 4.78 is 18.3. The maximum atomic E-state index is 13.1. The fourth-order valence-corrected chi connectivity index (χ4v) is 3.39. The molecule has 0 bridgehead atoms. The number of ether oxygens (including phenoxy) is 1. The first-order chi connectivity index (χ1) is 16.8. The van der Waals surface area contributed by atoms with Gasteiger partial charge >= 0.3 is 5.97 Å². The normalized spacial score (nSPS) is 11.9. The number of aliphatic carboxylic acids is 1. The minimum atomic E-state index is -1.08. The largest absolute Gasteiger partial charge is 0.480 e. The highest BCUT2D eigenvalue weighted by molar-refractivity contribution is 5.82. The quantitative estimate of drug-likeness (QED) is 0.290. The van der Waals surface area contributed by atoms with Gasteiger partial charge in [0.05, 0.1) is 6.10 Å². The lowest BCUT2D eigenvalue weighted by atomic mass is 10.1. The zero-order chi connectivity index (χ0) is 27.2. The number of carboxylic acids is 1. The van der Waals surface area contributed by atoms with Gasteiger partial charge in [-0.2, -0.15) is 0 Å². The summed E-state index contributed by atoms with van der Waals surface area (Å²) in [6.45, 7) is 12.2. The molecule has 0 spiro atoms. The molecule has 0 saturated carbocycles. The van der Waals surface area contributed by atoms with Gasteiger partial charge in [0.1, 0.15) is 18.5 Å². The Morgan fingerprint density at radius 3 is 2.31 bits per heavy atom. The number of aromatic nitrogens is 1. The number of anilines is 1. The first-order valence-corrected chi connectivity index (χ1v) is 12.8. The molecule has 8 nitrogen and oxygen atoms in total. The van der Waals surface area contributed by atoms with Crippen LogP contribution in [0.15, 0.2) is 12.1 Å². The van der Waals surface area contributed by atoms with Crippen molar-refractivity contribution in [3.05, 3.63) is 23.4 Å². The van der Waals surface area contributed by atoms with Crippen molar-refractivity contribution in [1.82, 2.24) is 15.2 Å². The lowest BCUT2D eigenvalue weighted by Gasteiger charge is -2.27. The van der Waals surface area contributed by atoms with Crippen molar-refractivity contribution < 1.29 is 23.8 Å². The van der Waals surface area contributed by atoms with Crippen LogP contribution in [0, 0.1) is 0 Å². The molecule has 2 unspecified atom stereocenters. The van der Waals surface area contributed by atoms with E-state index in [9.17, 15) is 19.1 Å². The molecule has 0 aliphatic carbocycles. The van der Waals surface area contributed by atoms with E-state index in [0.717, 1.165) is 37.2 Å². The molecule has 2 atom stereocenters. The van der Waals surface area contributed by atoms with Crippen LogP contribution in [0.3, 0.4) is 0 Å². The van der Waals surface area contributed by atoms with Crippen molar-refractivity contribution in [3.63, 3.8) is 0 Å². The molecule has 0 aliphatic rings. The van der Waals surface area contributed by atoms with E-state index in [1.165, 1.54) is 19.6 Å². The van der Waals surface area contributed by atoms with E-state index in [2.05, 4.69) is 28.6 Å². The predicted molar refractivity (Wildman–Crippen MR) is 142 cm³/mol. The van der Waals surface area contributed by atoms with Crippen LogP contribution in [0.2, 0.25) is 0 Å². The average molecular weight is 501 g/mol. The van der Waals surface area contributed by atoms with Crippen LogP contribution in [0.5, 0.6) is 0 Å². The third-order valence-corrected chi connectivity index (χ3v) is 5.19. The Morgan fingerprint density at radius 2 is 1.83 bits per heavy atom. The van der Waals surface area contributed by atoms with Crippen LogP contribution in [-0.4, -0.2) is 79.5 Å². The Labute approximate surface area is 212 Å². The van der Waals surface area contributed by atoms with Crippen LogP contribution >= 0.6 is 0 Å². The van der Waals surface area contributed by atoms with Crippen molar-refractivity contribution in [2.24, 2.45) is 0 Å². The summed E-state index contributed by atoms with van der Waals surface area (Å²) in [6, 6.07) is 3.18. The molecule has 1 amide bonds. The summed E-state index contributed by atoms with van der Waals surface area (Å²) in [5.74, 6) is -0.559. The van der Waals surface area contributed by atoms with E-state index in [4.69, 9.17) is 4.74 Å². The second-order valence-electron chi connectivity index (χ2n) is 7.56. The zero-order valence-electron chi connectivity index (χ0n) is 23.1. The molecule has 1 rings (SSSR count). The molecule has 0 aromatic carbocycles. The number of carboxylic acid groups (broad SMARTS) is 1. The SMILES string of the molecule is CC.CC.CCc1ccc(CCCCN(CCC(NC(C)=O)C(=O)O)CC(CF)OC)nc1NC. The first kappa shape index (κ1) is 34.9. The highest BCUT2D eigenvalue weighted by Gasteiger charge is 2.21. The average Bonchev–Trinajstić information content (AvgIpc) is 2.88. The molecule has 0 radical (unpaired) electrons. The lowest BCUT2D eigenvalue weighted by Crippen LogP contribution is -2.43. The number of carbonyl (C=O) groups excluding carboxylic acids is 1. The standard InChI is InChI=1S/C22H37FN4O4.2C2H6/c1-5-17-9-10-18(26-21(17)24-3)8-6-7-12-27(15-19(14-23)31-4)13-11-20(22(29)30)25-16(2)28;2*1-2/h9-10,19-20H,5-8,11-15H2,1-4H3,(H,24,26)(H,25,28)(H,29,30);2*1-2H3. The molecule has 0 fully saturated rings. The molecule has 0 aliphatic heterocycles. The van der Waals surface area contributed by atoms with Gasteiger partial charge in [0, 0.05) is 39.9 Å². The van der Waals surface area contributed by atoms with Crippen molar-refractivity contribution in [1.29, 1.82) is 0 Å². The van der Waals surface area contributed by atoms with E-state index in [0.29, 0.717) is 19.6 Å². The first-order valence-electron chi connectivity index (χ1n) is 12.8. The van der Waals surface area contributed by atoms with Crippen LogP contribution in [-0.2, 0) is 27.2 Å². The zero-order valence-corrected chi connectivity index (χ0v) is 23.1. The Hall–Kier alpha value is -2.26. The Bertz CT molecular complexity index is 687. The highest BCUT2D eigenvalue weighted by atomic mass is 19.1. The minimum absolute atomic E-state index is 0.239. The summed E-state index contributed by atoms with van der Waals surface area (Å²) in [7, 11) is 3.33. The molecule has 9 heteroatoms. The third-order valence-electron chi connectivity index (χ3n) is 5.19. The topological polar surface area (TPSA) is 104 Å². The summed E-state index contributed by atoms with van der Waals surface area (Å²) in [6.07, 6.45) is 3.18. The number of alkyl halides is 1. The van der Waals surface area contributed by atoms with Crippen LogP contribution in [0.25, 0.3) is 0 Å². The second-order valence-corrected chi connectivity index (χ2v) is 7.56. The number of unbranched alkanes of at least 4 members (excludes halogenated alkanes) is 1. The second kappa shape index (κ2) is 22.2. The number of halogens is 1. The molecule has 204 valence electrons. The van der Waals surface area contributed by atoms with Gasteiger partial charge in [-0.25, -0.2) is 14.2 Å². The Kier molecular flexibility index (Phi) is 22.2. The van der Waals surface area contributed by atoms with Gasteiger partial charge < -0.3 is 25.4 Å². The maximum Gasteiger partial charge on any atom is 0.326 e. The molecule has 35 heavy (non-hydrogen) atoms. The predicted octanol–water partition coefficient (Wildman–Crippen LogP) is 4.33. The van der Waals surface area contributed by atoms with Crippen molar-refractivity contribution in [3.8, 4) is 0 Å². The third kappa shape index (κ3) is 15.4. The summed E-state index contributed by atoms with van der Waals surface area (Å²) in [4.78, 5) is 29.3. The van der Waals surface area contributed by atoms with Gasteiger partial charge in [0.25, 0.3) is 0 Å². The molecule has 1 aromatic heterocycles. The number of hydrogen-bond acceptors (Lipinski definition) is 6. The number of rotatable bonds is 16. The van der Waals surface area contributed by atoms with Gasteiger partial charge in [-0.05, 0) is 50.3 Å². The molecule has 3 N–H and O–H groups in total. The Morgan fingerprint density at radius 1 is 1.17 bits per heavy atom. The lowest BCUT2D eigenvalue weighted by molar-refractivity contribution is -0.141. The van der Waals surface area contributed by atoms with Gasteiger partial charge in [0.15, 0.2) is 0 Å². The van der Waals surface area contributed by atoms with Crippen LogP contribution in [0.4, 0.5) is 10.2 Å². The highest BCUT2D eigenvalue weighted by Crippen LogP contribution is 2.15. The van der Waals surface area contributed by atoms with E-state index in [1.54, 1.807) is 0 Å². The summed E-state index contributed by atoms with van der Waals surface area (Å²) in [5, 5.41) is 14.9. The van der Waals surface area contributed by atoms with Gasteiger partial charge in [-0.15, -0.1) is 0 Å². The molecule has 1 heterocycles. The van der Waals surface area contributed by atoms with Crippen molar-refractivity contribution >= 4 is 17.7 Å². The van der Waals surface area contributed by atoms with E-state index >= 15 is 0 Å². The molecule has 0 saturated heterocycles. The maximum absolute atomic E-state index is 13.1. The number of pyridine rings is 1. The molecular formula is C26H49FN4O4. The molecular weight excluding hydrogens is 451 g/mol. The molecule has 1 aromatic rings. The monoisotopic (exact) mass is 500 g/mol. The summed E-state index contributed by atoms with van der Waals surface area (Å²) in [5.41, 5.74) is 2.20. The number of hydrogen-bond donors (Lipinski definition) is 3. The van der Waals surface area contributed by atoms with Gasteiger partial charge in [0.2, 0.25) is 5.91 Å². The smallest absolute Gasteiger partial charge is 0.326 e. The van der Waals surface area contributed by atoms with E-state index in [-0.39, 0.29) is 12.3 Å². The van der Waals surface area contributed by atoms with Crippen molar-refractivity contribution in [2.75, 3.05) is 45.8 Å². The van der Waals surface area contributed by atoms with Crippen LogP contribution < -0.4 is 10.6 Å². The van der Waals surface area contributed by atoms with Crippen molar-refractivity contribution in [2.45, 2.75) is 85.8 Å². The van der Waals surface area contributed by atoms with Gasteiger partial charge in [-0.1, -0.05) is 40.7 Å². The number of aryl methyl sites for hydroxylation is 2. The Balaban J connectivity index is 0. The number of carbonyl (C=O) groups is 2. The summed E-state index contributed by atoms with van der Waals surface area (Å²) >= 11 is 0. The van der Waals surface area contributed by atoms with E-state index < -0.39 is 24.8 Å². The number of nitrogens with zero attached hydrogens (tertiary/aromatic N) is 2. The van der Waals surface area contributed by atoms with Crippen LogP contribution in [0.1, 0.15) is 72.1 Å². The number of amides is 1. The number of nitrogens with one attached hydrogen (secondary N) is 2. The minimum Gasteiger partial charge on any atom is -0.480 e. The fraction of sp³-hybridized carbons (Fsp3) is 0.731. The fourth-order valence-electron chi connectivity index (χ4n) is 3.39.